The fraction of sp³-hybridized carbons (Fsp3) is 0.417. The molecule has 0 spiro atoms. The molecule has 0 atom stereocenters. The minimum Gasteiger partial charge on any atom is -0.491 e. The predicted molar refractivity (Wildman–Crippen MR) is 55.9 cm³/mol. The number of hydrogen-bond donors (Lipinski definition) is 0. The number of benzene rings is 1. The lowest BCUT2D eigenvalue weighted by molar-refractivity contribution is 0.240. The molecule has 1 radical (unpaired) electrons. The van der Waals surface area contributed by atoms with Crippen molar-refractivity contribution in [3.05, 3.63) is 35.5 Å². The number of hydrogen-bond acceptors (Lipinski definition) is 1. The Morgan fingerprint density at radius 2 is 1.93 bits per heavy atom. The molecule has 2 heteroatoms. The molecular formula is C12H16FO. The van der Waals surface area contributed by atoms with E-state index in [0.717, 1.165) is 17.2 Å². The van der Waals surface area contributed by atoms with E-state index in [1.165, 1.54) is 12.1 Å². The highest BCUT2D eigenvalue weighted by Gasteiger charge is 2.10. The van der Waals surface area contributed by atoms with Gasteiger partial charge in [-0.3, -0.25) is 0 Å². The lowest BCUT2D eigenvalue weighted by Gasteiger charge is -2.16. The zero-order valence-electron chi connectivity index (χ0n) is 9.10. The van der Waals surface area contributed by atoms with E-state index in [-0.39, 0.29) is 11.9 Å². The van der Waals surface area contributed by atoms with Crippen molar-refractivity contribution in [1.29, 1.82) is 0 Å². The maximum atomic E-state index is 13.0. The van der Waals surface area contributed by atoms with Gasteiger partial charge in [0.25, 0.3) is 0 Å². The molecule has 0 aromatic heterocycles. The summed E-state index contributed by atoms with van der Waals surface area (Å²) in [5, 5.41) is 0. The minimum atomic E-state index is -0.225. The number of ether oxygens (including phenoxy) is 1. The first-order chi connectivity index (χ1) is 6.50. The lowest BCUT2D eigenvalue weighted by atomic mass is 10.0. The average Bonchev–Trinajstić information content (AvgIpc) is 2.07. The summed E-state index contributed by atoms with van der Waals surface area (Å²) in [5.74, 6) is 1.58. The molecule has 0 saturated carbocycles. The molecule has 77 valence electrons. The number of rotatable bonds is 3. The summed E-state index contributed by atoms with van der Waals surface area (Å²) in [4.78, 5) is 0. The topological polar surface area (TPSA) is 9.23 Å². The summed E-state index contributed by atoms with van der Waals surface area (Å²) in [7, 11) is 0. The first-order valence-corrected chi connectivity index (χ1v) is 4.77. The van der Waals surface area contributed by atoms with Crippen LogP contribution in [0.3, 0.4) is 0 Å². The fourth-order valence-corrected chi connectivity index (χ4v) is 1.25. The first kappa shape index (κ1) is 11.0. The van der Waals surface area contributed by atoms with Gasteiger partial charge in [-0.05, 0) is 32.0 Å². The Hall–Kier alpha value is -1.05. The van der Waals surface area contributed by atoms with Gasteiger partial charge < -0.3 is 4.74 Å². The first-order valence-electron chi connectivity index (χ1n) is 4.77. The van der Waals surface area contributed by atoms with Gasteiger partial charge in [-0.1, -0.05) is 13.8 Å². The van der Waals surface area contributed by atoms with Gasteiger partial charge in [-0.2, -0.15) is 0 Å². The molecule has 1 nitrogen and oxygen atoms in total. The van der Waals surface area contributed by atoms with E-state index in [9.17, 15) is 4.39 Å². The maximum absolute atomic E-state index is 13.0. The standard InChI is InChI=1S/C12H16FO/c1-8(2)11-7-10(13)5-6-12(11)14-9(3)4/h5-7,9H,1-4H3. The molecule has 0 N–H and O–H groups in total. The Labute approximate surface area is 84.9 Å². The van der Waals surface area contributed by atoms with E-state index in [2.05, 4.69) is 0 Å². The molecule has 0 aliphatic rings. The molecule has 0 aliphatic carbocycles. The van der Waals surface area contributed by atoms with Crippen LogP contribution in [0, 0.1) is 11.7 Å². The third kappa shape index (κ3) is 2.72. The van der Waals surface area contributed by atoms with Crippen molar-refractivity contribution in [2.45, 2.75) is 33.8 Å². The average molecular weight is 195 g/mol. The zero-order valence-corrected chi connectivity index (χ0v) is 9.10. The van der Waals surface area contributed by atoms with Crippen molar-refractivity contribution in [3.8, 4) is 5.75 Å². The van der Waals surface area contributed by atoms with E-state index < -0.39 is 0 Å². The Bertz CT molecular complexity index is 305. The van der Waals surface area contributed by atoms with Crippen molar-refractivity contribution >= 4 is 0 Å². The van der Waals surface area contributed by atoms with Crippen LogP contribution in [0.2, 0.25) is 0 Å². The molecule has 0 fully saturated rings. The van der Waals surface area contributed by atoms with Crippen LogP contribution >= 0.6 is 0 Å². The van der Waals surface area contributed by atoms with Gasteiger partial charge in [0.1, 0.15) is 11.6 Å². The van der Waals surface area contributed by atoms with Crippen LogP contribution in [0.5, 0.6) is 5.75 Å². The van der Waals surface area contributed by atoms with E-state index in [4.69, 9.17) is 4.74 Å². The van der Waals surface area contributed by atoms with Crippen molar-refractivity contribution in [2.24, 2.45) is 0 Å². The number of halogens is 1. The molecule has 0 unspecified atom stereocenters. The summed E-state index contributed by atoms with van der Waals surface area (Å²) < 4.78 is 18.6. The summed E-state index contributed by atoms with van der Waals surface area (Å²) in [6, 6.07) is 4.61. The highest BCUT2D eigenvalue weighted by Crippen LogP contribution is 2.27. The van der Waals surface area contributed by atoms with Crippen LogP contribution in [0.1, 0.15) is 33.3 Å². The third-order valence-electron chi connectivity index (χ3n) is 1.84. The summed E-state index contributed by atoms with van der Waals surface area (Å²) in [5.41, 5.74) is 0.846. The molecule has 0 heterocycles. The molecular weight excluding hydrogens is 179 g/mol. The second-order valence-corrected chi connectivity index (χ2v) is 3.81. The van der Waals surface area contributed by atoms with Crippen LogP contribution < -0.4 is 4.74 Å². The fourth-order valence-electron chi connectivity index (χ4n) is 1.25. The maximum Gasteiger partial charge on any atom is 0.123 e. The van der Waals surface area contributed by atoms with Gasteiger partial charge >= 0.3 is 0 Å². The summed E-state index contributed by atoms with van der Waals surface area (Å²) in [6.45, 7) is 7.81. The molecule has 1 rings (SSSR count). The second kappa shape index (κ2) is 4.45. The van der Waals surface area contributed by atoms with Gasteiger partial charge in [0.15, 0.2) is 0 Å². The van der Waals surface area contributed by atoms with Crippen LogP contribution in [0.25, 0.3) is 0 Å². The molecule has 14 heavy (non-hydrogen) atoms. The molecule has 0 amide bonds. The quantitative estimate of drug-likeness (QED) is 0.716. The van der Waals surface area contributed by atoms with Crippen molar-refractivity contribution < 1.29 is 9.13 Å². The van der Waals surface area contributed by atoms with Gasteiger partial charge in [0, 0.05) is 11.5 Å². The Balaban J connectivity index is 3.02. The summed E-state index contributed by atoms with van der Waals surface area (Å²) in [6.07, 6.45) is 0.110. The van der Waals surface area contributed by atoms with Gasteiger partial charge in [0.2, 0.25) is 0 Å². The van der Waals surface area contributed by atoms with E-state index >= 15 is 0 Å². The van der Waals surface area contributed by atoms with Crippen molar-refractivity contribution in [2.75, 3.05) is 0 Å². The molecule has 0 bridgehead atoms. The molecule has 1 aromatic carbocycles. The van der Waals surface area contributed by atoms with E-state index in [1.807, 2.05) is 27.7 Å². The largest absolute Gasteiger partial charge is 0.491 e. The van der Waals surface area contributed by atoms with Crippen molar-refractivity contribution in [1.82, 2.24) is 0 Å². The zero-order chi connectivity index (χ0) is 10.7. The monoisotopic (exact) mass is 195 g/mol. The van der Waals surface area contributed by atoms with Gasteiger partial charge in [-0.25, -0.2) is 4.39 Å². The SMILES string of the molecule is C[C](C)c1cc(F)ccc1OC(C)C. The van der Waals surface area contributed by atoms with Gasteiger partial charge in [-0.15, -0.1) is 0 Å². The van der Waals surface area contributed by atoms with E-state index in [0.29, 0.717) is 0 Å². The summed E-state index contributed by atoms with van der Waals surface area (Å²) >= 11 is 0. The lowest BCUT2D eigenvalue weighted by Crippen LogP contribution is -2.08. The van der Waals surface area contributed by atoms with Crippen molar-refractivity contribution in [3.63, 3.8) is 0 Å². The highest BCUT2D eigenvalue weighted by molar-refractivity contribution is 5.42. The Morgan fingerprint density at radius 3 is 2.43 bits per heavy atom. The molecule has 0 saturated heterocycles. The van der Waals surface area contributed by atoms with Gasteiger partial charge in [0.05, 0.1) is 6.10 Å². The van der Waals surface area contributed by atoms with E-state index in [1.54, 1.807) is 6.07 Å². The Kier molecular flexibility index (Phi) is 3.50. The van der Waals surface area contributed by atoms with Crippen LogP contribution in [-0.4, -0.2) is 6.10 Å². The third-order valence-corrected chi connectivity index (χ3v) is 1.84. The predicted octanol–water partition coefficient (Wildman–Crippen LogP) is 3.58. The Morgan fingerprint density at radius 1 is 1.29 bits per heavy atom. The molecule has 0 aliphatic heterocycles. The highest BCUT2D eigenvalue weighted by atomic mass is 19.1. The smallest absolute Gasteiger partial charge is 0.123 e. The minimum absolute atomic E-state index is 0.110. The van der Waals surface area contributed by atoms with Crippen LogP contribution in [0.4, 0.5) is 4.39 Å². The van der Waals surface area contributed by atoms with Crippen LogP contribution in [-0.2, 0) is 0 Å². The molecule has 1 aromatic rings. The second-order valence-electron chi connectivity index (χ2n) is 3.81. The normalized spacial score (nSPS) is 11.1. The van der Waals surface area contributed by atoms with Crippen LogP contribution in [0.15, 0.2) is 18.2 Å².